The van der Waals surface area contributed by atoms with Crippen LogP contribution in [0.5, 0.6) is 0 Å². The van der Waals surface area contributed by atoms with Gasteiger partial charge in [0, 0.05) is 5.56 Å². The van der Waals surface area contributed by atoms with Gasteiger partial charge in [0.05, 0.1) is 12.5 Å². The van der Waals surface area contributed by atoms with Crippen LogP contribution < -0.4 is 0 Å². The lowest BCUT2D eigenvalue weighted by Gasteiger charge is -1.73. The van der Waals surface area contributed by atoms with Gasteiger partial charge < -0.3 is 4.42 Å². The Morgan fingerprint density at radius 2 is 2.50 bits per heavy atom. The van der Waals surface area contributed by atoms with Crippen molar-refractivity contribution in [1.29, 1.82) is 0 Å². The van der Waals surface area contributed by atoms with Gasteiger partial charge in [0.2, 0.25) is 0 Å². The van der Waals surface area contributed by atoms with Gasteiger partial charge in [-0.15, -0.1) is 0 Å². The molecule has 1 heterocycles. The van der Waals surface area contributed by atoms with Crippen LogP contribution in [0.3, 0.4) is 0 Å². The van der Waals surface area contributed by atoms with Crippen LogP contribution in [-0.4, -0.2) is 0 Å². The van der Waals surface area contributed by atoms with E-state index in [1.54, 1.807) is 18.6 Å². The molecule has 41 valence electrons. The molecule has 0 saturated carbocycles. The van der Waals surface area contributed by atoms with Crippen LogP contribution in [0.15, 0.2) is 29.1 Å². The Balaban J connectivity index is 2.77. The number of rotatable bonds is 1. The Morgan fingerprint density at radius 3 is 3.00 bits per heavy atom. The molecule has 0 unspecified atom stereocenters. The molecular weight excluding hydrogens is 100 g/mol. The fourth-order valence-corrected chi connectivity index (χ4v) is 0.506. The standard InChI is InChI=1S/C7H7O/c1-2-3-7-4-5-8-6-7/h2-6H,1H2. The Hall–Kier alpha value is -0.980. The number of hydrogen-bond acceptors (Lipinski definition) is 1. The summed E-state index contributed by atoms with van der Waals surface area (Å²) >= 11 is 0. The fraction of sp³-hybridized carbons (Fsp3) is 0. The van der Waals surface area contributed by atoms with Crippen LogP contribution in [0.4, 0.5) is 0 Å². The van der Waals surface area contributed by atoms with Gasteiger partial charge in [0.1, 0.15) is 0 Å². The first-order valence-corrected chi connectivity index (χ1v) is 2.41. The lowest BCUT2D eigenvalue weighted by molar-refractivity contribution is 0.567. The van der Waals surface area contributed by atoms with E-state index in [2.05, 4.69) is 6.92 Å². The third-order valence-electron chi connectivity index (χ3n) is 0.853. The van der Waals surface area contributed by atoms with Crippen LogP contribution >= 0.6 is 0 Å². The van der Waals surface area contributed by atoms with E-state index in [-0.39, 0.29) is 0 Å². The molecule has 0 spiro atoms. The molecule has 1 radical (unpaired) electrons. The minimum absolute atomic E-state index is 1.06. The summed E-state index contributed by atoms with van der Waals surface area (Å²) in [5, 5.41) is 0. The van der Waals surface area contributed by atoms with Gasteiger partial charge in [-0.25, -0.2) is 0 Å². The molecule has 0 aromatic carbocycles. The van der Waals surface area contributed by atoms with E-state index < -0.39 is 0 Å². The van der Waals surface area contributed by atoms with Crippen LogP contribution in [0.2, 0.25) is 0 Å². The van der Waals surface area contributed by atoms with Crippen LogP contribution in [-0.2, 0) is 0 Å². The minimum Gasteiger partial charge on any atom is -0.472 e. The molecule has 0 N–H and O–H groups in total. The largest absolute Gasteiger partial charge is 0.472 e. The van der Waals surface area contributed by atoms with Crippen molar-refractivity contribution >= 4 is 6.08 Å². The summed E-state index contributed by atoms with van der Waals surface area (Å²) < 4.78 is 4.79. The Labute approximate surface area is 48.6 Å². The zero-order valence-corrected chi connectivity index (χ0v) is 4.50. The zero-order valence-electron chi connectivity index (χ0n) is 4.50. The fourth-order valence-electron chi connectivity index (χ4n) is 0.506. The molecule has 0 aliphatic heterocycles. The summed E-state index contributed by atoms with van der Waals surface area (Å²) in [5.41, 5.74) is 1.06. The van der Waals surface area contributed by atoms with E-state index in [9.17, 15) is 0 Å². The lowest BCUT2D eigenvalue weighted by atomic mass is 10.3. The summed E-state index contributed by atoms with van der Waals surface area (Å²) in [6.45, 7) is 3.54. The zero-order chi connectivity index (χ0) is 5.82. The minimum atomic E-state index is 1.06. The second-order valence-corrected chi connectivity index (χ2v) is 1.46. The average Bonchev–Trinajstić information content (AvgIpc) is 2.19. The van der Waals surface area contributed by atoms with Gasteiger partial charge in [-0.05, 0) is 13.0 Å². The monoisotopic (exact) mass is 107 g/mol. The van der Waals surface area contributed by atoms with Crippen molar-refractivity contribution in [2.45, 2.75) is 0 Å². The maximum atomic E-state index is 4.79. The highest BCUT2D eigenvalue weighted by molar-refractivity contribution is 5.47. The number of hydrogen-bond donors (Lipinski definition) is 0. The highest BCUT2D eigenvalue weighted by atomic mass is 16.3. The van der Waals surface area contributed by atoms with Crippen molar-refractivity contribution in [2.75, 3.05) is 0 Å². The van der Waals surface area contributed by atoms with Gasteiger partial charge in [-0.1, -0.05) is 12.2 Å². The van der Waals surface area contributed by atoms with E-state index in [1.807, 2.05) is 12.1 Å². The second-order valence-electron chi connectivity index (χ2n) is 1.46. The topological polar surface area (TPSA) is 13.1 Å². The van der Waals surface area contributed by atoms with Crippen molar-refractivity contribution in [1.82, 2.24) is 0 Å². The van der Waals surface area contributed by atoms with Crippen molar-refractivity contribution in [2.24, 2.45) is 0 Å². The molecular formula is C7H7O. The molecule has 0 aliphatic carbocycles. The molecule has 0 aliphatic rings. The Morgan fingerprint density at radius 1 is 1.62 bits per heavy atom. The van der Waals surface area contributed by atoms with Crippen molar-refractivity contribution in [3.8, 4) is 0 Å². The average molecular weight is 107 g/mol. The van der Waals surface area contributed by atoms with Crippen LogP contribution in [0.1, 0.15) is 5.56 Å². The molecule has 1 aromatic heterocycles. The lowest BCUT2D eigenvalue weighted by Crippen LogP contribution is -1.54. The van der Waals surface area contributed by atoms with Crippen molar-refractivity contribution in [3.05, 3.63) is 37.2 Å². The third kappa shape index (κ3) is 0.997. The van der Waals surface area contributed by atoms with Gasteiger partial charge in [-0.2, -0.15) is 0 Å². The maximum Gasteiger partial charge on any atom is 0.0974 e. The molecule has 0 amide bonds. The normalized spacial score (nSPS) is 10.6. The van der Waals surface area contributed by atoms with E-state index in [1.165, 1.54) is 0 Å². The first-order valence-electron chi connectivity index (χ1n) is 2.41. The molecule has 1 nitrogen and oxygen atoms in total. The molecule has 0 fully saturated rings. The van der Waals surface area contributed by atoms with Crippen molar-refractivity contribution in [3.63, 3.8) is 0 Å². The van der Waals surface area contributed by atoms with Gasteiger partial charge >= 0.3 is 0 Å². The number of furan rings is 1. The highest BCUT2D eigenvalue weighted by Gasteiger charge is 1.81. The number of allylic oxidation sites excluding steroid dienone is 1. The molecule has 0 bridgehead atoms. The molecule has 0 saturated heterocycles. The summed E-state index contributed by atoms with van der Waals surface area (Å²) in [4.78, 5) is 0. The van der Waals surface area contributed by atoms with E-state index >= 15 is 0 Å². The van der Waals surface area contributed by atoms with E-state index in [0.29, 0.717) is 0 Å². The SMILES string of the molecule is [CH2]C=Cc1ccoc1. The second kappa shape index (κ2) is 2.36. The first-order chi connectivity index (χ1) is 3.93. The van der Waals surface area contributed by atoms with E-state index in [4.69, 9.17) is 4.42 Å². The van der Waals surface area contributed by atoms with Gasteiger partial charge in [0.25, 0.3) is 0 Å². The molecule has 1 heteroatoms. The summed E-state index contributed by atoms with van der Waals surface area (Å²) in [6, 6.07) is 1.88. The summed E-state index contributed by atoms with van der Waals surface area (Å²) in [5.74, 6) is 0. The smallest absolute Gasteiger partial charge is 0.0974 e. The molecule has 8 heavy (non-hydrogen) atoms. The quantitative estimate of drug-likeness (QED) is 0.535. The van der Waals surface area contributed by atoms with Crippen LogP contribution in [0, 0.1) is 6.92 Å². The summed E-state index contributed by atoms with van der Waals surface area (Å²) in [7, 11) is 0. The molecule has 0 atom stereocenters. The first kappa shape index (κ1) is 5.16. The molecule has 1 aromatic rings. The van der Waals surface area contributed by atoms with Gasteiger partial charge in [0.15, 0.2) is 0 Å². The third-order valence-corrected chi connectivity index (χ3v) is 0.853. The maximum absolute atomic E-state index is 4.79. The van der Waals surface area contributed by atoms with Crippen LogP contribution in [0.25, 0.3) is 6.08 Å². The van der Waals surface area contributed by atoms with Gasteiger partial charge in [-0.3, -0.25) is 0 Å². The van der Waals surface area contributed by atoms with Crippen molar-refractivity contribution < 1.29 is 4.42 Å². The highest BCUT2D eigenvalue weighted by Crippen LogP contribution is 2.00. The molecule has 1 rings (SSSR count). The van der Waals surface area contributed by atoms with E-state index in [0.717, 1.165) is 5.56 Å². The summed E-state index contributed by atoms with van der Waals surface area (Å²) in [6.07, 6.45) is 6.91. The Bertz CT molecular complexity index is 161. The predicted molar refractivity (Wildman–Crippen MR) is 33.1 cm³/mol. The predicted octanol–water partition coefficient (Wildman–Crippen LogP) is 2.13. The Kier molecular flexibility index (Phi) is 1.52.